The number of halogens is 1. The molecule has 1 amide bonds. The number of nitrogens with zero attached hydrogens (tertiary/aromatic N) is 3. The Labute approximate surface area is 99.0 Å². The van der Waals surface area contributed by atoms with Crippen LogP contribution in [-0.2, 0) is 0 Å². The van der Waals surface area contributed by atoms with Crippen LogP contribution in [0.15, 0.2) is 24.5 Å². The number of amides is 1. The zero-order valence-electron chi connectivity index (χ0n) is 8.75. The monoisotopic (exact) mass is 251 g/mol. The Morgan fingerprint density at radius 2 is 2.28 bits per heavy atom. The van der Waals surface area contributed by atoms with Gasteiger partial charge in [-0.05, 0) is 12.1 Å². The second kappa shape index (κ2) is 4.57. The number of aromatic amines is 1. The van der Waals surface area contributed by atoms with Crippen LogP contribution in [0.1, 0.15) is 10.4 Å². The molecule has 0 bridgehead atoms. The molecule has 1 aromatic carbocycles. The highest BCUT2D eigenvalue weighted by Gasteiger charge is 2.17. The fraction of sp³-hybridized carbons (Fsp3) is 0. The van der Waals surface area contributed by atoms with E-state index in [1.807, 2.05) is 0 Å². The fourth-order valence-electron chi connectivity index (χ4n) is 1.24. The number of aromatic nitrogens is 3. The number of rotatable bonds is 3. The summed E-state index contributed by atoms with van der Waals surface area (Å²) in [4.78, 5) is 24.9. The van der Waals surface area contributed by atoms with Gasteiger partial charge in [0.15, 0.2) is 0 Å². The highest BCUT2D eigenvalue weighted by molar-refractivity contribution is 6.03. The molecule has 1 heterocycles. The van der Waals surface area contributed by atoms with Crippen LogP contribution in [0.3, 0.4) is 0 Å². The zero-order chi connectivity index (χ0) is 13.1. The Morgan fingerprint density at radius 3 is 2.89 bits per heavy atom. The van der Waals surface area contributed by atoms with E-state index in [0.717, 1.165) is 18.2 Å². The van der Waals surface area contributed by atoms with Crippen molar-refractivity contribution in [3.8, 4) is 0 Å². The molecular formula is C9H6FN5O3. The summed E-state index contributed by atoms with van der Waals surface area (Å²) < 4.78 is 13.1. The van der Waals surface area contributed by atoms with E-state index in [9.17, 15) is 19.3 Å². The van der Waals surface area contributed by atoms with Gasteiger partial charge in [-0.2, -0.15) is 14.5 Å². The lowest BCUT2D eigenvalue weighted by atomic mass is 10.2. The summed E-state index contributed by atoms with van der Waals surface area (Å²) in [6, 6.07) is 2.84. The van der Waals surface area contributed by atoms with E-state index in [1.165, 1.54) is 6.33 Å². The minimum Gasteiger partial charge on any atom is -0.291 e. The molecule has 0 unspecified atom stereocenters. The molecule has 0 aliphatic heterocycles. The van der Waals surface area contributed by atoms with Crippen molar-refractivity contribution in [3.63, 3.8) is 0 Å². The van der Waals surface area contributed by atoms with E-state index >= 15 is 0 Å². The standard InChI is InChI=1S/C9H6FN5O3/c10-6-2-1-5(3-7(6)15(17)18)8(16)13-9-11-4-12-14-9/h1-4H,(H2,11,12,13,14,16). The van der Waals surface area contributed by atoms with Gasteiger partial charge in [-0.1, -0.05) is 0 Å². The molecule has 0 aliphatic rings. The molecule has 1 aromatic heterocycles. The summed E-state index contributed by atoms with van der Waals surface area (Å²) in [7, 11) is 0. The van der Waals surface area contributed by atoms with Crippen molar-refractivity contribution >= 4 is 17.5 Å². The minimum absolute atomic E-state index is 0.0560. The Kier molecular flexibility index (Phi) is 2.96. The van der Waals surface area contributed by atoms with E-state index in [4.69, 9.17) is 0 Å². The lowest BCUT2D eigenvalue weighted by molar-refractivity contribution is -0.387. The lowest BCUT2D eigenvalue weighted by Crippen LogP contribution is -2.13. The third kappa shape index (κ3) is 2.29. The topological polar surface area (TPSA) is 114 Å². The maximum absolute atomic E-state index is 13.1. The zero-order valence-corrected chi connectivity index (χ0v) is 8.75. The van der Waals surface area contributed by atoms with Gasteiger partial charge < -0.3 is 0 Å². The highest BCUT2D eigenvalue weighted by Crippen LogP contribution is 2.18. The minimum atomic E-state index is -1.00. The molecule has 0 atom stereocenters. The Hall–Kier alpha value is -2.84. The first-order valence-corrected chi connectivity index (χ1v) is 4.68. The van der Waals surface area contributed by atoms with Gasteiger partial charge in [0.2, 0.25) is 11.8 Å². The molecular weight excluding hydrogens is 245 g/mol. The van der Waals surface area contributed by atoms with Gasteiger partial charge in [0.25, 0.3) is 5.91 Å². The number of carbonyl (C=O) groups is 1. The third-order valence-electron chi connectivity index (χ3n) is 2.05. The predicted octanol–water partition coefficient (Wildman–Crippen LogP) is 1.10. The average Bonchev–Trinajstić information content (AvgIpc) is 2.81. The number of nitrogens with one attached hydrogen (secondary N) is 2. The smallest absolute Gasteiger partial charge is 0.291 e. The van der Waals surface area contributed by atoms with Gasteiger partial charge in [0.1, 0.15) is 6.33 Å². The van der Waals surface area contributed by atoms with Crippen molar-refractivity contribution in [3.05, 3.63) is 46.0 Å². The highest BCUT2D eigenvalue weighted by atomic mass is 19.1. The van der Waals surface area contributed by atoms with Gasteiger partial charge in [-0.15, -0.1) is 0 Å². The summed E-state index contributed by atoms with van der Waals surface area (Å²) in [6.45, 7) is 0. The quantitative estimate of drug-likeness (QED) is 0.626. The molecule has 0 saturated heterocycles. The summed E-state index contributed by atoms with van der Waals surface area (Å²) in [6.07, 6.45) is 1.18. The molecule has 18 heavy (non-hydrogen) atoms. The normalized spacial score (nSPS) is 10.1. The number of H-pyrrole nitrogens is 1. The second-order valence-electron chi connectivity index (χ2n) is 3.21. The number of nitro benzene ring substituents is 1. The van der Waals surface area contributed by atoms with Crippen LogP contribution < -0.4 is 5.32 Å². The van der Waals surface area contributed by atoms with E-state index in [-0.39, 0.29) is 11.5 Å². The van der Waals surface area contributed by atoms with Gasteiger partial charge >= 0.3 is 5.69 Å². The van der Waals surface area contributed by atoms with Crippen LogP contribution in [0.2, 0.25) is 0 Å². The van der Waals surface area contributed by atoms with Crippen LogP contribution in [0.5, 0.6) is 0 Å². The van der Waals surface area contributed by atoms with E-state index in [1.54, 1.807) is 0 Å². The predicted molar refractivity (Wildman–Crippen MR) is 57.4 cm³/mol. The maximum atomic E-state index is 13.1. The molecule has 0 fully saturated rings. The summed E-state index contributed by atoms with van der Waals surface area (Å²) in [5.74, 6) is -1.57. The molecule has 0 aliphatic carbocycles. The van der Waals surface area contributed by atoms with Gasteiger partial charge in [-0.3, -0.25) is 20.2 Å². The van der Waals surface area contributed by atoms with Crippen molar-refractivity contribution in [1.82, 2.24) is 15.2 Å². The van der Waals surface area contributed by atoms with E-state index in [2.05, 4.69) is 20.5 Å². The number of benzene rings is 1. The average molecular weight is 251 g/mol. The Morgan fingerprint density at radius 1 is 1.50 bits per heavy atom. The maximum Gasteiger partial charge on any atom is 0.305 e. The summed E-state index contributed by atoms with van der Waals surface area (Å²) >= 11 is 0. The molecule has 92 valence electrons. The molecule has 2 N–H and O–H groups in total. The van der Waals surface area contributed by atoms with Gasteiger partial charge in [0, 0.05) is 11.6 Å². The number of hydrogen-bond acceptors (Lipinski definition) is 5. The largest absolute Gasteiger partial charge is 0.305 e. The van der Waals surface area contributed by atoms with Gasteiger partial charge in [0.05, 0.1) is 4.92 Å². The number of hydrogen-bond donors (Lipinski definition) is 2. The number of nitro groups is 1. The Balaban J connectivity index is 2.26. The van der Waals surface area contributed by atoms with Crippen LogP contribution in [0.4, 0.5) is 16.0 Å². The van der Waals surface area contributed by atoms with E-state index in [0.29, 0.717) is 0 Å². The van der Waals surface area contributed by atoms with Crippen molar-refractivity contribution in [2.45, 2.75) is 0 Å². The first-order valence-electron chi connectivity index (χ1n) is 4.68. The number of anilines is 1. The van der Waals surface area contributed by atoms with Crippen LogP contribution in [0.25, 0.3) is 0 Å². The number of carbonyl (C=O) groups excluding carboxylic acids is 1. The van der Waals surface area contributed by atoms with Crippen molar-refractivity contribution < 1.29 is 14.1 Å². The Bertz CT molecular complexity index is 598. The third-order valence-corrected chi connectivity index (χ3v) is 2.05. The first-order chi connectivity index (χ1) is 8.58. The van der Waals surface area contributed by atoms with Crippen LogP contribution in [0, 0.1) is 15.9 Å². The SMILES string of the molecule is O=C(Nc1ncn[nH]1)c1ccc(F)c([N+](=O)[O-])c1. The van der Waals surface area contributed by atoms with Crippen molar-refractivity contribution in [2.75, 3.05) is 5.32 Å². The second-order valence-corrected chi connectivity index (χ2v) is 3.21. The summed E-state index contributed by atoms with van der Waals surface area (Å²) in [5, 5.41) is 18.7. The van der Waals surface area contributed by atoms with Crippen molar-refractivity contribution in [1.29, 1.82) is 0 Å². The first kappa shape index (κ1) is 11.6. The molecule has 2 rings (SSSR count). The molecule has 0 spiro atoms. The molecule has 0 radical (unpaired) electrons. The van der Waals surface area contributed by atoms with Crippen LogP contribution >= 0.6 is 0 Å². The summed E-state index contributed by atoms with van der Waals surface area (Å²) in [5.41, 5.74) is -0.820. The molecule has 2 aromatic rings. The molecule has 9 heteroatoms. The fourth-order valence-corrected chi connectivity index (χ4v) is 1.24. The van der Waals surface area contributed by atoms with Gasteiger partial charge in [-0.25, -0.2) is 5.10 Å². The van der Waals surface area contributed by atoms with E-state index < -0.39 is 22.3 Å². The molecule has 8 nitrogen and oxygen atoms in total. The van der Waals surface area contributed by atoms with Crippen LogP contribution in [-0.4, -0.2) is 26.0 Å². The lowest BCUT2D eigenvalue weighted by Gasteiger charge is -2.01. The molecule has 0 saturated carbocycles. The van der Waals surface area contributed by atoms with Crippen molar-refractivity contribution in [2.24, 2.45) is 0 Å².